The van der Waals surface area contributed by atoms with Crippen LogP contribution in [0.3, 0.4) is 0 Å². The Morgan fingerprint density at radius 2 is 2.00 bits per heavy atom. The standard InChI is InChI=1S/C14H28N2O/c1-5-12(9-11-7-8-11)15-10-13(17)16-14(3,4)6-2/h11-12,15H,5-10H2,1-4H3,(H,16,17). The average Bonchev–Trinajstić information content (AvgIpc) is 3.07. The number of rotatable bonds is 8. The second-order valence-corrected chi connectivity index (χ2v) is 5.95. The van der Waals surface area contributed by atoms with Gasteiger partial charge in [0.05, 0.1) is 6.54 Å². The van der Waals surface area contributed by atoms with Crippen molar-refractivity contribution in [2.24, 2.45) is 5.92 Å². The van der Waals surface area contributed by atoms with Gasteiger partial charge in [0.1, 0.15) is 0 Å². The lowest BCUT2D eigenvalue weighted by atomic mass is 10.0. The Balaban J connectivity index is 2.20. The van der Waals surface area contributed by atoms with Gasteiger partial charge in [-0.2, -0.15) is 0 Å². The van der Waals surface area contributed by atoms with E-state index in [0.29, 0.717) is 12.6 Å². The molecule has 1 fully saturated rings. The van der Waals surface area contributed by atoms with E-state index in [9.17, 15) is 4.79 Å². The number of amides is 1. The Hall–Kier alpha value is -0.570. The van der Waals surface area contributed by atoms with Crippen LogP contribution in [-0.4, -0.2) is 24.0 Å². The first kappa shape index (κ1) is 14.5. The van der Waals surface area contributed by atoms with Crippen molar-refractivity contribution >= 4 is 5.91 Å². The van der Waals surface area contributed by atoms with Gasteiger partial charge in [0.15, 0.2) is 0 Å². The maximum Gasteiger partial charge on any atom is 0.234 e. The predicted molar refractivity (Wildman–Crippen MR) is 71.9 cm³/mol. The van der Waals surface area contributed by atoms with Crippen molar-refractivity contribution in [1.29, 1.82) is 0 Å². The molecule has 0 aromatic heterocycles. The lowest BCUT2D eigenvalue weighted by Crippen LogP contribution is -2.48. The maximum absolute atomic E-state index is 11.8. The molecule has 0 aliphatic heterocycles. The molecule has 1 rings (SSSR count). The van der Waals surface area contributed by atoms with Crippen LogP contribution in [0.15, 0.2) is 0 Å². The zero-order chi connectivity index (χ0) is 12.9. The zero-order valence-electron chi connectivity index (χ0n) is 11.8. The molecule has 1 amide bonds. The molecule has 1 aliphatic carbocycles. The van der Waals surface area contributed by atoms with E-state index in [1.54, 1.807) is 0 Å². The van der Waals surface area contributed by atoms with E-state index in [1.165, 1.54) is 19.3 Å². The van der Waals surface area contributed by atoms with E-state index in [4.69, 9.17) is 0 Å². The van der Waals surface area contributed by atoms with E-state index in [-0.39, 0.29) is 11.4 Å². The smallest absolute Gasteiger partial charge is 0.234 e. The van der Waals surface area contributed by atoms with Gasteiger partial charge in [0.25, 0.3) is 0 Å². The van der Waals surface area contributed by atoms with Crippen LogP contribution in [0.1, 0.15) is 59.8 Å². The minimum atomic E-state index is -0.0863. The van der Waals surface area contributed by atoms with Crippen LogP contribution in [0.5, 0.6) is 0 Å². The summed E-state index contributed by atoms with van der Waals surface area (Å²) in [6, 6.07) is 0.512. The van der Waals surface area contributed by atoms with Gasteiger partial charge in [-0.05, 0) is 39.0 Å². The molecule has 0 bridgehead atoms. The topological polar surface area (TPSA) is 41.1 Å². The first-order valence-corrected chi connectivity index (χ1v) is 7.01. The van der Waals surface area contributed by atoms with Crippen LogP contribution in [0.2, 0.25) is 0 Å². The fraction of sp³-hybridized carbons (Fsp3) is 0.929. The van der Waals surface area contributed by atoms with Crippen LogP contribution in [0.4, 0.5) is 0 Å². The van der Waals surface area contributed by atoms with Gasteiger partial charge in [-0.15, -0.1) is 0 Å². The Morgan fingerprint density at radius 3 is 2.47 bits per heavy atom. The molecule has 1 saturated carbocycles. The van der Waals surface area contributed by atoms with E-state index < -0.39 is 0 Å². The van der Waals surface area contributed by atoms with Gasteiger partial charge < -0.3 is 10.6 Å². The van der Waals surface area contributed by atoms with Crippen LogP contribution in [0.25, 0.3) is 0 Å². The zero-order valence-corrected chi connectivity index (χ0v) is 11.8. The molecule has 3 nitrogen and oxygen atoms in total. The first-order chi connectivity index (χ1) is 7.96. The minimum absolute atomic E-state index is 0.0863. The van der Waals surface area contributed by atoms with Crippen LogP contribution < -0.4 is 10.6 Å². The highest BCUT2D eigenvalue weighted by Gasteiger charge is 2.25. The fourth-order valence-electron chi connectivity index (χ4n) is 1.90. The third kappa shape index (κ3) is 6.06. The maximum atomic E-state index is 11.8. The summed E-state index contributed by atoms with van der Waals surface area (Å²) in [5.74, 6) is 1.04. The third-order valence-corrected chi connectivity index (χ3v) is 3.72. The third-order valence-electron chi connectivity index (χ3n) is 3.72. The largest absolute Gasteiger partial charge is 0.350 e. The van der Waals surface area contributed by atoms with E-state index in [0.717, 1.165) is 18.8 Å². The van der Waals surface area contributed by atoms with Gasteiger partial charge in [-0.1, -0.05) is 26.7 Å². The molecule has 1 aliphatic rings. The van der Waals surface area contributed by atoms with E-state index >= 15 is 0 Å². The highest BCUT2D eigenvalue weighted by molar-refractivity contribution is 5.78. The summed E-state index contributed by atoms with van der Waals surface area (Å²) in [6.07, 6.45) is 6.07. The summed E-state index contributed by atoms with van der Waals surface area (Å²) in [5, 5.41) is 6.43. The monoisotopic (exact) mass is 240 g/mol. The SMILES string of the molecule is CCC(CC1CC1)NCC(=O)NC(C)(C)CC. The van der Waals surface area contributed by atoms with Gasteiger partial charge in [-0.3, -0.25) is 4.79 Å². The predicted octanol–water partition coefficient (Wildman–Crippen LogP) is 2.46. The molecule has 2 N–H and O–H groups in total. The van der Waals surface area contributed by atoms with Crippen molar-refractivity contribution in [2.75, 3.05) is 6.54 Å². The Morgan fingerprint density at radius 1 is 1.35 bits per heavy atom. The second-order valence-electron chi connectivity index (χ2n) is 5.95. The van der Waals surface area contributed by atoms with Crippen LogP contribution in [0, 0.1) is 5.92 Å². The molecule has 1 atom stereocenters. The van der Waals surface area contributed by atoms with Gasteiger partial charge in [0, 0.05) is 11.6 Å². The Bertz CT molecular complexity index is 247. The van der Waals surface area contributed by atoms with Gasteiger partial charge in [0.2, 0.25) is 5.91 Å². The molecular weight excluding hydrogens is 212 g/mol. The summed E-state index contributed by atoms with van der Waals surface area (Å²) in [4.78, 5) is 11.8. The molecule has 17 heavy (non-hydrogen) atoms. The summed E-state index contributed by atoms with van der Waals surface area (Å²) < 4.78 is 0. The normalized spacial score (nSPS) is 17.9. The van der Waals surface area contributed by atoms with Crippen molar-refractivity contribution in [3.63, 3.8) is 0 Å². The molecule has 1 unspecified atom stereocenters. The van der Waals surface area contributed by atoms with Crippen molar-refractivity contribution in [1.82, 2.24) is 10.6 Å². The molecule has 0 saturated heterocycles. The molecule has 100 valence electrons. The molecule has 0 radical (unpaired) electrons. The van der Waals surface area contributed by atoms with E-state index in [2.05, 4.69) is 38.3 Å². The van der Waals surface area contributed by atoms with Crippen molar-refractivity contribution in [2.45, 2.75) is 71.4 Å². The van der Waals surface area contributed by atoms with Gasteiger partial charge in [-0.25, -0.2) is 0 Å². The second kappa shape index (κ2) is 6.39. The molecule has 0 spiro atoms. The Labute approximate surface area is 106 Å². The molecule has 0 aromatic rings. The number of hydrogen-bond acceptors (Lipinski definition) is 2. The number of hydrogen-bond donors (Lipinski definition) is 2. The number of nitrogens with one attached hydrogen (secondary N) is 2. The average molecular weight is 240 g/mol. The lowest BCUT2D eigenvalue weighted by molar-refractivity contribution is -0.122. The quantitative estimate of drug-likeness (QED) is 0.684. The molecule has 0 heterocycles. The number of carbonyl (C=O) groups is 1. The molecular formula is C14H28N2O. The van der Waals surface area contributed by atoms with Crippen molar-refractivity contribution in [3.8, 4) is 0 Å². The van der Waals surface area contributed by atoms with Crippen LogP contribution >= 0.6 is 0 Å². The van der Waals surface area contributed by atoms with Gasteiger partial charge >= 0.3 is 0 Å². The molecule has 3 heteroatoms. The summed E-state index contributed by atoms with van der Waals surface area (Å²) in [7, 11) is 0. The lowest BCUT2D eigenvalue weighted by Gasteiger charge is -2.25. The fourth-order valence-corrected chi connectivity index (χ4v) is 1.90. The minimum Gasteiger partial charge on any atom is -0.350 e. The molecule has 0 aromatic carbocycles. The Kier molecular flexibility index (Phi) is 5.44. The number of carbonyl (C=O) groups excluding carboxylic acids is 1. The first-order valence-electron chi connectivity index (χ1n) is 7.01. The van der Waals surface area contributed by atoms with Crippen molar-refractivity contribution < 1.29 is 4.79 Å². The van der Waals surface area contributed by atoms with Crippen molar-refractivity contribution in [3.05, 3.63) is 0 Å². The summed E-state index contributed by atoms with van der Waals surface area (Å²) in [6.45, 7) is 8.86. The van der Waals surface area contributed by atoms with Crippen LogP contribution in [-0.2, 0) is 4.79 Å². The summed E-state index contributed by atoms with van der Waals surface area (Å²) >= 11 is 0. The van der Waals surface area contributed by atoms with E-state index in [1.807, 2.05) is 0 Å². The summed E-state index contributed by atoms with van der Waals surface area (Å²) in [5.41, 5.74) is -0.0863. The highest BCUT2D eigenvalue weighted by Crippen LogP contribution is 2.33. The highest BCUT2D eigenvalue weighted by atomic mass is 16.2.